The van der Waals surface area contributed by atoms with Gasteiger partial charge in [0.2, 0.25) is 0 Å². The molecule has 1 fully saturated rings. The molecule has 2 unspecified atom stereocenters. The van der Waals surface area contributed by atoms with E-state index < -0.39 is 0 Å². The first kappa shape index (κ1) is 10.2. The minimum absolute atomic E-state index is 0.530. The van der Waals surface area contributed by atoms with Crippen LogP contribution in [0.25, 0.3) is 0 Å². The number of nitrogens with one attached hydrogen (secondary N) is 2. The fourth-order valence-corrected chi connectivity index (χ4v) is 2.05. The van der Waals surface area contributed by atoms with E-state index in [4.69, 9.17) is 5.84 Å². The monoisotopic (exact) mass is 207 g/mol. The molecule has 1 heterocycles. The molecular weight excluding hydrogens is 190 g/mol. The Bertz CT molecular complexity index is 327. The lowest BCUT2D eigenvalue weighted by Crippen LogP contribution is -2.17. The van der Waals surface area contributed by atoms with E-state index in [0.29, 0.717) is 11.9 Å². The summed E-state index contributed by atoms with van der Waals surface area (Å²) in [7, 11) is 0. The van der Waals surface area contributed by atoms with E-state index in [-0.39, 0.29) is 0 Å². The zero-order valence-electron chi connectivity index (χ0n) is 8.90. The van der Waals surface area contributed by atoms with Crippen LogP contribution in [0.5, 0.6) is 0 Å². The molecule has 1 aromatic rings. The molecule has 1 aliphatic rings. The largest absolute Gasteiger partial charge is 0.366 e. The van der Waals surface area contributed by atoms with Gasteiger partial charge in [0.1, 0.15) is 5.82 Å². The number of hydrogen-bond acceptors (Lipinski definition) is 5. The van der Waals surface area contributed by atoms with Crippen LogP contribution in [0, 0.1) is 5.92 Å². The smallest absolute Gasteiger partial charge is 0.160 e. The lowest BCUT2D eigenvalue weighted by molar-refractivity contribution is 0.602. The molecule has 0 radical (unpaired) electrons. The van der Waals surface area contributed by atoms with Gasteiger partial charge in [0, 0.05) is 6.04 Å². The van der Waals surface area contributed by atoms with Crippen molar-refractivity contribution in [1.29, 1.82) is 0 Å². The van der Waals surface area contributed by atoms with Crippen molar-refractivity contribution in [1.82, 2.24) is 9.97 Å². The first-order chi connectivity index (χ1) is 7.28. The molecule has 1 saturated carbocycles. The maximum Gasteiger partial charge on any atom is 0.160 e. The first-order valence-corrected chi connectivity index (χ1v) is 5.33. The third-order valence-corrected chi connectivity index (χ3v) is 2.83. The Hall–Kier alpha value is -1.36. The van der Waals surface area contributed by atoms with Crippen molar-refractivity contribution in [2.24, 2.45) is 11.8 Å². The molecule has 1 aliphatic carbocycles. The summed E-state index contributed by atoms with van der Waals surface area (Å²) in [6, 6.07) is 0.530. The molecule has 0 bridgehead atoms. The molecule has 15 heavy (non-hydrogen) atoms. The van der Waals surface area contributed by atoms with E-state index in [1.807, 2.05) is 0 Å². The Morgan fingerprint density at radius 1 is 1.33 bits per heavy atom. The van der Waals surface area contributed by atoms with Gasteiger partial charge in [-0.05, 0) is 25.2 Å². The van der Waals surface area contributed by atoms with Crippen molar-refractivity contribution in [2.75, 3.05) is 10.7 Å². The summed E-state index contributed by atoms with van der Waals surface area (Å²) in [6.07, 6.45) is 7.04. The molecule has 5 nitrogen and oxygen atoms in total. The Labute approximate surface area is 89.5 Å². The lowest BCUT2D eigenvalue weighted by Gasteiger charge is -2.13. The second-order valence-electron chi connectivity index (χ2n) is 4.19. The highest BCUT2D eigenvalue weighted by Crippen LogP contribution is 2.26. The van der Waals surface area contributed by atoms with E-state index in [2.05, 4.69) is 27.6 Å². The fourth-order valence-electron chi connectivity index (χ4n) is 2.05. The predicted octanol–water partition coefficient (Wildman–Crippen LogP) is 1.36. The van der Waals surface area contributed by atoms with Crippen molar-refractivity contribution in [3.63, 3.8) is 0 Å². The van der Waals surface area contributed by atoms with Crippen molar-refractivity contribution in [3.05, 3.63) is 12.4 Å². The molecule has 5 heteroatoms. The minimum atomic E-state index is 0.530. The minimum Gasteiger partial charge on any atom is -0.366 e. The number of rotatable bonds is 3. The van der Waals surface area contributed by atoms with Gasteiger partial charge in [0.15, 0.2) is 5.82 Å². The summed E-state index contributed by atoms with van der Waals surface area (Å²) in [5.41, 5.74) is 2.49. The maximum atomic E-state index is 5.27. The Morgan fingerprint density at radius 3 is 2.80 bits per heavy atom. The van der Waals surface area contributed by atoms with Crippen LogP contribution in [-0.4, -0.2) is 16.0 Å². The third kappa shape index (κ3) is 2.56. The number of nitrogens with two attached hydrogens (primary N) is 1. The van der Waals surface area contributed by atoms with Crippen LogP contribution in [0.3, 0.4) is 0 Å². The van der Waals surface area contributed by atoms with Crippen molar-refractivity contribution < 1.29 is 0 Å². The summed E-state index contributed by atoms with van der Waals surface area (Å²) in [5, 5.41) is 3.38. The Morgan fingerprint density at radius 2 is 2.13 bits per heavy atom. The van der Waals surface area contributed by atoms with Gasteiger partial charge in [-0.3, -0.25) is 4.98 Å². The fraction of sp³-hybridized carbons (Fsp3) is 0.600. The molecule has 4 N–H and O–H groups in total. The van der Waals surface area contributed by atoms with Crippen LogP contribution in [0.1, 0.15) is 26.2 Å². The molecule has 82 valence electrons. The predicted molar refractivity (Wildman–Crippen MR) is 60.3 cm³/mol. The maximum absolute atomic E-state index is 5.27. The van der Waals surface area contributed by atoms with Crippen LogP contribution in [-0.2, 0) is 0 Å². The summed E-state index contributed by atoms with van der Waals surface area (Å²) in [5.74, 6) is 7.46. The third-order valence-electron chi connectivity index (χ3n) is 2.83. The number of aromatic nitrogens is 2. The number of hydrazine groups is 1. The topological polar surface area (TPSA) is 75.9 Å². The molecule has 1 aromatic heterocycles. The van der Waals surface area contributed by atoms with Gasteiger partial charge in [0.05, 0.1) is 12.4 Å². The molecule has 0 amide bonds. The summed E-state index contributed by atoms with van der Waals surface area (Å²) in [6.45, 7) is 2.28. The lowest BCUT2D eigenvalue weighted by atomic mass is 10.1. The second-order valence-corrected chi connectivity index (χ2v) is 4.19. The number of nitrogen functional groups attached to an aromatic ring is 1. The van der Waals surface area contributed by atoms with Gasteiger partial charge in [-0.15, -0.1) is 0 Å². The van der Waals surface area contributed by atoms with Crippen LogP contribution >= 0.6 is 0 Å². The number of anilines is 2. The van der Waals surface area contributed by atoms with Gasteiger partial charge < -0.3 is 10.7 Å². The zero-order chi connectivity index (χ0) is 10.7. The van der Waals surface area contributed by atoms with Gasteiger partial charge in [-0.25, -0.2) is 10.8 Å². The molecule has 0 aliphatic heterocycles. The molecular formula is C10H17N5. The SMILES string of the molecule is CC1CCC(Nc2cncc(NN)n2)C1. The van der Waals surface area contributed by atoms with E-state index in [1.54, 1.807) is 12.4 Å². The second kappa shape index (κ2) is 4.44. The Balaban J connectivity index is 1.98. The average Bonchev–Trinajstić information content (AvgIpc) is 2.64. The highest BCUT2D eigenvalue weighted by Gasteiger charge is 2.21. The van der Waals surface area contributed by atoms with Crippen molar-refractivity contribution in [2.45, 2.75) is 32.2 Å². The normalized spacial score (nSPS) is 25.2. The summed E-state index contributed by atoms with van der Waals surface area (Å²) < 4.78 is 0. The number of hydrogen-bond donors (Lipinski definition) is 3. The van der Waals surface area contributed by atoms with E-state index >= 15 is 0 Å². The average molecular weight is 207 g/mol. The van der Waals surface area contributed by atoms with Gasteiger partial charge in [-0.1, -0.05) is 6.92 Å². The number of nitrogens with zero attached hydrogens (tertiary/aromatic N) is 2. The van der Waals surface area contributed by atoms with Crippen LogP contribution in [0.4, 0.5) is 11.6 Å². The highest BCUT2D eigenvalue weighted by molar-refractivity contribution is 5.41. The van der Waals surface area contributed by atoms with Crippen molar-refractivity contribution >= 4 is 11.6 Å². The van der Waals surface area contributed by atoms with Crippen LogP contribution in [0.15, 0.2) is 12.4 Å². The zero-order valence-corrected chi connectivity index (χ0v) is 8.90. The summed E-state index contributed by atoms with van der Waals surface area (Å²) in [4.78, 5) is 8.32. The van der Waals surface area contributed by atoms with Crippen molar-refractivity contribution in [3.8, 4) is 0 Å². The van der Waals surface area contributed by atoms with Crippen LogP contribution in [0.2, 0.25) is 0 Å². The van der Waals surface area contributed by atoms with E-state index in [1.165, 1.54) is 19.3 Å². The van der Waals surface area contributed by atoms with Crippen LogP contribution < -0.4 is 16.6 Å². The van der Waals surface area contributed by atoms with E-state index in [9.17, 15) is 0 Å². The van der Waals surface area contributed by atoms with Gasteiger partial charge >= 0.3 is 0 Å². The molecule has 2 rings (SSSR count). The van der Waals surface area contributed by atoms with E-state index in [0.717, 1.165) is 11.7 Å². The van der Waals surface area contributed by atoms with Gasteiger partial charge in [0.25, 0.3) is 0 Å². The molecule has 0 saturated heterocycles. The first-order valence-electron chi connectivity index (χ1n) is 5.33. The standard InChI is InChI=1S/C10H17N5/c1-7-2-3-8(4-7)13-9-5-12-6-10(14-9)15-11/h5-8H,2-4,11H2,1H3,(H2,13,14,15). The molecule has 0 aromatic carbocycles. The Kier molecular flexibility index (Phi) is 3.01. The molecule has 2 atom stereocenters. The molecule has 0 spiro atoms. The summed E-state index contributed by atoms with van der Waals surface area (Å²) >= 11 is 0. The highest BCUT2D eigenvalue weighted by atomic mass is 15.3. The van der Waals surface area contributed by atoms with Gasteiger partial charge in [-0.2, -0.15) is 0 Å². The quantitative estimate of drug-likeness (QED) is 0.515.